The Hall–Kier alpha value is -2.98. The third-order valence-electron chi connectivity index (χ3n) is 3.43. The molecule has 0 aliphatic carbocycles. The van der Waals surface area contributed by atoms with Crippen molar-refractivity contribution < 1.29 is 17.9 Å². The number of anilines is 1. The van der Waals surface area contributed by atoms with Crippen LogP contribution in [0.4, 0.5) is 5.69 Å². The van der Waals surface area contributed by atoms with E-state index in [4.69, 9.17) is 4.74 Å². The second-order valence-corrected chi connectivity index (χ2v) is 8.32. The van der Waals surface area contributed by atoms with Gasteiger partial charge >= 0.3 is 5.97 Å². The molecule has 2 aromatic heterocycles. The minimum Gasteiger partial charge on any atom is -0.462 e. The average Bonchev–Trinajstić information content (AvgIpc) is 3.14. The molecule has 1 aromatic carbocycles. The summed E-state index contributed by atoms with van der Waals surface area (Å²) in [5.41, 5.74) is 0.790. The molecule has 0 bridgehead atoms. The zero-order chi connectivity index (χ0) is 19.4. The third-order valence-corrected chi connectivity index (χ3v) is 6.41. The van der Waals surface area contributed by atoms with E-state index in [2.05, 4.69) is 14.9 Å². The van der Waals surface area contributed by atoms with E-state index in [1.165, 1.54) is 42.5 Å². The van der Waals surface area contributed by atoms with E-state index in [0.29, 0.717) is 21.8 Å². The molecular formula is C17H15N3O5S2. The monoisotopic (exact) mass is 405 g/mol. The van der Waals surface area contributed by atoms with Gasteiger partial charge in [0.1, 0.15) is 9.90 Å². The maximum absolute atomic E-state index is 12.6. The lowest BCUT2D eigenvalue weighted by Crippen LogP contribution is -2.11. The first-order chi connectivity index (χ1) is 12.9. The van der Waals surface area contributed by atoms with E-state index in [0.717, 1.165) is 11.3 Å². The van der Waals surface area contributed by atoms with Crippen molar-refractivity contribution in [3.05, 3.63) is 64.4 Å². The summed E-state index contributed by atoms with van der Waals surface area (Å²) in [7, 11) is -3.80. The molecule has 3 rings (SSSR count). The van der Waals surface area contributed by atoms with Gasteiger partial charge < -0.3 is 4.74 Å². The molecule has 0 saturated heterocycles. The number of carbonyl (C=O) groups excluding carboxylic acids is 1. The number of ether oxygens (including phenoxy) is 1. The fourth-order valence-corrected chi connectivity index (χ4v) is 4.51. The lowest BCUT2D eigenvalue weighted by Gasteiger charge is -2.07. The number of benzene rings is 1. The van der Waals surface area contributed by atoms with Gasteiger partial charge in [-0.15, -0.1) is 11.3 Å². The number of hydrogen-bond acceptors (Lipinski definition) is 7. The Labute approximate surface area is 158 Å². The molecule has 0 atom stereocenters. The first kappa shape index (κ1) is 18.8. The van der Waals surface area contributed by atoms with E-state index in [-0.39, 0.29) is 16.4 Å². The lowest BCUT2D eigenvalue weighted by atomic mass is 10.2. The van der Waals surface area contributed by atoms with Crippen LogP contribution in [0.25, 0.3) is 10.6 Å². The van der Waals surface area contributed by atoms with E-state index < -0.39 is 16.0 Å². The van der Waals surface area contributed by atoms with Crippen LogP contribution in [0, 0.1) is 0 Å². The van der Waals surface area contributed by atoms with Crippen LogP contribution in [0.1, 0.15) is 17.3 Å². The predicted octanol–water partition coefficient (Wildman–Crippen LogP) is 2.48. The summed E-state index contributed by atoms with van der Waals surface area (Å²) < 4.78 is 32.5. The van der Waals surface area contributed by atoms with E-state index in [9.17, 15) is 18.0 Å². The molecule has 0 aliphatic rings. The maximum atomic E-state index is 12.6. The maximum Gasteiger partial charge on any atom is 0.338 e. The Kier molecular flexibility index (Phi) is 5.38. The molecule has 10 heteroatoms. The Balaban J connectivity index is 1.78. The van der Waals surface area contributed by atoms with Crippen LogP contribution in [0.5, 0.6) is 0 Å². The highest BCUT2D eigenvalue weighted by Gasteiger charge is 2.18. The van der Waals surface area contributed by atoms with Crippen molar-refractivity contribution in [1.82, 2.24) is 10.2 Å². The minimum absolute atomic E-state index is 0.0972. The number of sulfonamides is 1. The molecule has 2 N–H and O–H groups in total. The van der Waals surface area contributed by atoms with Gasteiger partial charge in [-0.3, -0.25) is 9.52 Å². The predicted molar refractivity (Wildman–Crippen MR) is 101 cm³/mol. The minimum atomic E-state index is -3.80. The molecule has 3 aromatic rings. The van der Waals surface area contributed by atoms with E-state index >= 15 is 0 Å². The summed E-state index contributed by atoms with van der Waals surface area (Å²) in [5, 5.41) is 6.19. The van der Waals surface area contributed by atoms with E-state index in [1.54, 1.807) is 13.0 Å². The van der Waals surface area contributed by atoms with Crippen molar-refractivity contribution in [1.29, 1.82) is 0 Å². The van der Waals surface area contributed by atoms with Crippen LogP contribution in [0.15, 0.2) is 57.5 Å². The molecule has 2 heterocycles. The summed E-state index contributed by atoms with van der Waals surface area (Å²) in [4.78, 5) is 23.3. The van der Waals surface area contributed by atoms with E-state index in [1.807, 2.05) is 0 Å². The number of aromatic nitrogens is 2. The highest BCUT2D eigenvalue weighted by Crippen LogP contribution is 2.30. The quantitative estimate of drug-likeness (QED) is 0.608. The third kappa shape index (κ3) is 4.41. The number of nitrogens with zero attached hydrogens (tertiary/aromatic N) is 1. The molecule has 27 heavy (non-hydrogen) atoms. The molecule has 0 radical (unpaired) electrons. The summed E-state index contributed by atoms with van der Waals surface area (Å²) >= 11 is 1.02. The Morgan fingerprint density at radius 2 is 1.89 bits per heavy atom. The van der Waals surface area contributed by atoms with Gasteiger partial charge in [0, 0.05) is 11.8 Å². The SMILES string of the molecule is CCOC(=O)c1ccc(NS(=O)(=O)c2ccc(-c3ccc(=O)[nH]n3)s2)cc1. The van der Waals surface area contributed by atoms with Gasteiger partial charge in [0.25, 0.3) is 15.6 Å². The number of H-pyrrole nitrogens is 1. The molecule has 140 valence electrons. The molecule has 0 saturated carbocycles. The number of rotatable bonds is 6. The summed E-state index contributed by atoms with van der Waals surface area (Å²) in [6.07, 6.45) is 0. The molecular weight excluding hydrogens is 390 g/mol. The van der Waals surface area contributed by atoms with Crippen molar-refractivity contribution in [2.75, 3.05) is 11.3 Å². The second-order valence-electron chi connectivity index (χ2n) is 5.33. The van der Waals surface area contributed by atoms with Crippen molar-refractivity contribution in [3.8, 4) is 10.6 Å². The van der Waals surface area contributed by atoms with Gasteiger partial charge in [-0.25, -0.2) is 18.3 Å². The molecule has 8 nitrogen and oxygen atoms in total. The number of aromatic amines is 1. The summed E-state index contributed by atoms with van der Waals surface area (Å²) in [5.74, 6) is -0.469. The highest BCUT2D eigenvalue weighted by atomic mass is 32.2. The molecule has 0 unspecified atom stereocenters. The van der Waals surface area contributed by atoms with Crippen LogP contribution < -0.4 is 10.3 Å². The zero-order valence-corrected chi connectivity index (χ0v) is 15.8. The van der Waals surface area contributed by atoms with Gasteiger partial charge in [-0.1, -0.05) is 0 Å². The first-order valence-electron chi connectivity index (χ1n) is 7.85. The van der Waals surface area contributed by atoms with Gasteiger partial charge in [-0.2, -0.15) is 5.10 Å². The van der Waals surface area contributed by atoms with Crippen LogP contribution in [-0.2, 0) is 14.8 Å². The number of esters is 1. The summed E-state index contributed by atoms with van der Waals surface area (Å²) in [6.45, 7) is 1.97. The smallest absolute Gasteiger partial charge is 0.338 e. The second kappa shape index (κ2) is 7.72. The molecule has 0 spiro atoms. The molecule has 0 amide bonds. The topological polar surface area (TPSA) is 118 Å². The van der Waals surface area contributed by atoms with Gasteiger partial charge in [0.15, 0.2) is 0 Å². The molecule has 0 aliphatic heterocycles. The van der Waals surface area contributed by atoms with Gasteiger partial charge in [0.05, 0.1) is 17.0 Å². The standard InChI is InChI=1S/C17H15N3O5S2/c1-2-25-17(22)11-3-5-12(6-4-11)20-27(23,24)16-10-8-14(26-16)13-7-9-15(21)19-18-13/h3-10,20H,2H2,1H3,(H,19,21). The highest BCUT2D eigenvalue weighted by molar-refractivity contribution is 7.94. The number of thiophene rings is 1. The largest absolute Gasteiger partial charge is 0.462 e. The zero-order valence-electron chi connectivity index (χ0n) is 14.1. The van der Waals surface area contributed by atoms with Crippen molar-refractivity contribution in [2.24, 2.45) is 0 Å². The van der Waals surface area contributed by atoms with Crippen LogP contribution in [0.2, 0.25) is 0 Å². The van der Waals surface area contributed by atoms with Crippen LogP contribution in [0.3, 0.4) is 0 Å². The van der Waals surface area contributed by atoms with Crippen LogP contribution in [-0.4, -0.2) is 31.2 Å². The Morgan fingerprint density at radius 3 is 2.52 bits per heavy atom. The van der Waals surface area contributed by atoms with Crippen LogP contribution >= 0.6 is 11.3 Å². The van der Waals surface area contributed by atoms with Crippen molar-refractivity contribution >= 4 is 33.0 Å². The average molecular weight is 405 g/mol. The number of hydrogen-bond donors (Lipinski definition) is 2. The van der Waals surface area contributed by atoms with Gasteiger partial charge in [0.2, 0.25) is 0 Å². The van der Waals surface area contributed by atoms with Crippen molar-refractivity contribution in [2.45, 2.75) is 11.1 Å². The molecule has 0 fully saturated rings. The summed E-state index contributed by atoms with van der Waals surface area (Å²) in [6, 6.07) is 11.9. The number of carbonyl (C=O) groups is 1. The Bertz CT molecular complexity index is 1100. The first-order valence-corrected chi connectivity index (χ1v) is 10.1. The Morgan fingerprint density at radius 1 is 1.15 bits per heavy atom. The fraction of sp³-hybridized carbons (Fsp3) is 0.118. The number of nitrogens with one attached hydrogen (secondary N) is 2. The lowest BCUT2D eigenvalue weighted by molar-refractivity contribution is 0.0526. The normalized spacial score (nSPS) is 11.1. The van der Waals surface area contributed by atoms with Crippen molar-refractivity contribution in [3.63, 3.8) is 0 Å². The fourth-order valence-electron chi connectivity index (χ4n) is 2.18. The van der Waals surface area contributed by atoms with Gasteiger partial charge in [-0.05, 0) is 49.4 Å².